The van der Waals surface area contributed by atoms with Crippen LogP contribution in [0.3, 0.4) is 0 Å². The zero-order valence-corrected chi connectivity index (χ0v) is 23.1. The highest BCUT2D eigenvalue weighted by atomic mass is 35.6. The smallest absolute Gasteiger partial charge is 0.265 e. The molecule has 0 spiro atoms. The summed E-state index contributed by atoms with van der Waals surface area (Å²) in [5.74, 6) is -0.369. The van der Waals surface area contributed by atoms with E-state index in [1.54, 1.807) is 0 Å². The number of ether oxygens (including phenoxy) is 1. The average Bonchev–Trinajstić information content (AvgIpc) is 2.77. The summed E-state index contributed by atoms with van der Waals surface area (Å²) in [6, 6.07) is 21.0. The van der Waals surface area contributed by atoms with Crippen molar-refractivity contribution in [2.45, 2.75) is 61.9 Å². The minimum Gasteiger partial charge on any atom is -0.471 e. The summed E-state index contributed by atoms with van der Waals surface area (Å²) >= 11 is 17.4. The largest absolute Gasteiger partial charge is 0.471 e. The maximum absolute atomic E-state index is 7.92. The van der Waals surface area contributed by atoms with Crippen LogP contribution in [0.2, 0.25) is 5.04 Å². The molecule has 0 unspecified atom stereocenters. The Balaban J connectivity index is 2.31. The van der Waals surface area contributed by atoms with E-state index in [1.165, 1.54) is 10.4 Å². The van der Waals surface area contributed by atoms with Gasteiger partial charge in [0.1, 0.15) is 6.10 Å². The zero-order chi connectivity index (χ0) is 24.5. The number of unbranched alkanes of at least 4 members (excludes halogenated alkanes) is 1. The van der Waals surface area contributed by atoms with Crippen LogP contribution in [-0.4, -0.2) is 30.7 Å². The fraction of sp³-hybridized carbons (Fsp3) is 0.423. The summed E-state index contributed by atoms with van der Waals surface area (Å²) in [5.41, 5.74) is 0. The Morgan fingerprint density at radius 3 is 1.91 bits per heavy atom. The fourth-order valence-corrected chi connectivity index (χ4v) is 8.60. The van der Waals surface area contributed by atoms with Gasteiger partial charge in [-0.15, -0.1) is 0 Å². The lowest BCUT2D eigenvalue weighted by molar-refractivity contribution is 0.213. The van der Waals surface area contributed by atoms with E-state index in [9.17, 15) is 0 Å². The molecule has 0 fully saturated rings. The maximum Gasteiger partial charge on any atom is 0.265 e. The summed E-state index contributed by atoms with van der Waals surface area (Å²) < 4.78 is 10.6. The molecule has 1 atom stereocenters. The first-order valence-electron chi connectivity index (χ1n) is 11.3. The van der Waals surface area contributed by atoms with E-state index < -0.39 is 12.1 Å². The Bertz CT molecular complexity index is 854. The summed E-state index contributed by atoms with van der Waals surface area (Å²) in [5, 5.41) is 10.3. The number of hydrogen-bond acceptors (Lipinski definition) is 3. The molecule has 1 N–H and O–H groups in total. The SMILES string of the molecule is CCCC[C@H](/C=C\CO[Si](c1ccccc1)(c1ccccc1)C(C)(C)C)OC(=N)C(Cl)(Cl)Cl. The summed E-state index contributed by atoms with van der Waals surface area (Å²) in [4.78, 5) is 0. The van der Waals surface area contributed by atoms with Gasteiger partial charge in [-0.2, -0.15) is 0 Å². The van der Waals surface area contributed by atoms with Crippen LogP contribution in [-0.2, 0) is 9.16 Å². The molecule has 0 saturated heterocycles. The van der Waals surface area contributed by atoms with Crippen molar-refractivity contribution in [3.63, 3.8) is 0 Å². The van der Waals surface area contributed by atoms with Crippen LogP contribution in [0, 0.1) is 5.41 Å². The highest BCUT2D eigenvalue weighted by Gasteiger charge is 2.49. The average molecular weight is 527 g/mol. The molecule has 0 aromatic heterocycles. The molecule has 0 saturated carbocycles. The van der Waals surface area contributed by atoms with Crippen LogP contribution in [0.4, 0.5) is 0 Å². The number of halogens is 3. The van der Waals surface area contributed by atoms with Gasteiger partial charge >= 0.3 is 0 Å². The molecule has 7 heteroatoms. The van der Waals surface area contributed by atoms with Gasteiger partial charge in [0.2, 0.25) is 5.90 Å². The molecule has 0 bridgehead atoms. The molecule has 2 aromatic carbocycles. The van der Waals surface area contributed by atoms with E-state index in [2.05, 4.69) is 76.2 Å². The monoisotopic (exact) mass is 525 g/mol. The lowest BCUT2D eigenvalue weighted by Crippen LogP contribution is -2.66. The number of hydrogen-bond donors (Lipinski definition) is 1. The summed E-state index contributed by atoms with van der Waals surface area (Å²) in [6.45, 7) is 9.27. The van der Waals surface area contributed by atoms with Crippen molar-refractivity contribution in [2.24, 2.45) is 0 Å². The van der Waals surface area contributed by atoms with Gasteiger partial charge < -0.3 is 9.16 Å². The number of benzene rings is 2. The van der Waals surface area contributed by atoms with E-state index >= 15 is 0 Å². The van der Waals surface area contributed by atoms with Crippen molar-refractivity contribution in [3.8, 4) is 0 Å². The third-order valence-electron chi connectivity index (χ3n) is 5.53. The van der Waals surface area contributed by atoms with Crippen molar-refractivity contribution in [1.29, 1.82) is 5.41 Å². The second-order valence-corrected chi connectivity index (χ2v) is 15.6. The van der Waals surface area contributed by atoms with E-state index in [4.69, 9.17) is 49.4 Å². The van der Waals surface area contributed by atoms with Crippen LogP contribution >= 0.6 is 34.8 Å². The highest BCUT2D eigenvalue weighted by molar-refractivity contribution is 6.99. The standard InChI is InChI=1S/C26H34Cl3NO2Si/c1-5-6-14-21(32-24(30)26(27,28)29)15-13-20-31-33(25(2,3)4,22-16-9-7-10-17-22)23-18-11-8-12-19-23/h7-13,15-19,21,30H,5-6,14,20H2,1-4H3/b15-13-,30-24?/t21-/m1/s1. The molecule has 3 nitrogen and oxygen atoms in total. The van der Waals surface area contributed by atoms with Crippen LogP contribution in [0.5, 0.6) is 0 Å². The molecule has 0 amide bonds. The van der Waals surface area contributed by atoms with Crippen molar-refractivity contribution >= 4 is 59.4 Å². The molecular formula is C26H34Cl3NO2Si. The third-order valence-corrected chi connectivity index (χ3v) is 11.1. The first kappa shape index (κ1) is 27.9. The number of rotatable bonds is 10. The van der Waals surface area contributed by atoms with Crippen LogP contribution in [0.1, 0.15) is 47.0 Å². The second-order valence-electron chi connectivity index (χ2n) is 9.03. The van der Waals surface area contributed by atoms with Gasteiger partial charge in [0.25, 0.3) is 12.1 Å². The molecule has 0 heterocycles. The van der Waals surface area contributed by atoms with Gasteiger partial charge in [0, 0.05) is 0 Å². The van der Waals surface area contributed by atoms with Gasteiger partial charge in [-0.25, -0.2) is 0 Å². The number of alkyl halides is 3. The normalized spacial score (nSPS) is 13.8. The number of nitrogens with one attached hydrogen (secondary N) is 1. The summed E-state index contributed by atoms with van der Waals surface area (Å²) in [7, 11) is -2.61. The second kappa shape index (κ2) is 12.4. The van der Waals surface area contributed by atoms with Gasteiger partial charge in [-0.1, -0.05) is 136 Å². The van der Waals surface area contributed by atoms with E-state index in [0.29, 0.717) is 6.61 Å². The zero-order valence-electron chi connectivity index (χ0n) is 19.8. The van der Waals surface area contributed by atoms with Crippen molar-refractivity contribution in [1.82, 2.24) is 0 Å². The van der Waals surface area contributed by atoms with Crippen LogP contribution < -0.4 is 10.4 Å². The van der Waals surface area contributed by atoms with Crippen molar-refractivity contribution in [2.75, 3.05) is 6.61 Å². The van der Waals surface area contributed by atoms with Gasteiger partial charge in [0.15, 0.2) is 0 Å². The molecule has 180 valence electrons. The molecular weight excluding hydrogens is 493 g/mol. The topological polar surface area (TPSA) is 42.3 Å². The van der Waals surface area contributed by atoms with Crippen LogP contribution in [0.15, 0.2) is 72.8 Å². The minimum atomic E-state index is -2.61. The van der Waals surface area contributed by atoms with E-state index in [-0.39, 0.29) is 17.0 Å². The Hall–Kier alpha value is -1.30. The molecule has 2 rings (SSSR count). The van der Waals surface area contributed by atoms with Crippen LogP contribution in [0.25, 0.3) is 0 Å². The Labute approximate surface area is 214 Å². The molecule has 0 aliphatic heterocycles. The first-order chi connectivity index (χ1) is 15.5. The van der Waals surface area contributed by atoms with E-state index in [0.717, 1.165) is 19.3 Å². The molecule has 0 aliphatic rings. The maximum atomic E-state index is 7.92. The van der Waals surface area contributed by atoms with Crippen molar-refractivity contribution in [3.05, 3.63) is 72.8 Å². The highest BCUT2D eigenvalue weighted by Crippen LogP contribution is 2.36. The molecule has 2 aromatic rings. The lowest BCUT2D eigenvalue weighted by atomic mass is 10.1. The Morgan fingerprint density at radius 2 is 1.48 bits per heavy atom. The molecule has 0 radical (unpaired) electrons. The predicted molar refractivity (Wildman–Crippen MR) is 145 cm³/mol. The van der Waals surface area contributed by atoms with Gasteiger partial charge in [0.05, 0.1) is 6.61 Å². The fourth-order valence-electron chi connectivity index (χ4n) is 3.96. The quantitative estimate of drug-likeness (QED) is 0.119. The Kier molecular flexibility index (Phi) is 10.5. The lowest BCUT2D eigenvalue weighted by Gasteiger charge is -2.42. The van der Waals surface area contributed by atoms with Crippen molar-refractivity contribution < 1.29 is 9.16 Å². The molecule has 0 aliphatic carbocycles. The Morgan fingerprint density at radius 1 is 0.970 bits per heavy atom. The third kappa shape index (κ3) is 7.59. The van der Waals surface area contributed by atoms with Gasteiger partial charge in [-0.3, -0.25) is 5.41 Å². The van der Waals surface area contributed by atoms with Gasteiger partial charge in [-0.05, 0) is 34.3 Å². The first-order valence-corrected chi connectivity index (χ1v) is 14.3. The molecule has 33 heavy (non-hydrogen) atoms. The van der Waals surface area contributed by atoms with E-state index in [1.807, 2.05) is 24.3 Å². The summed E-state index contributed by atoms with van der Waals surface area (Å²) in [6.07, 6.45) is 6.21. The predicted octanol–water partition coefficient (Wildman–Crippen LogP) is 7.04. The minimum absolute atomic E-state index is 0.0980.